The molecule has 0 aliphatic heterocycles. The fraction of sp³-hybridized carbons (Fsp3) is 0.250. The van der Waals surface area contributed by atoms with E-state index in [-0.39, 0.29) is 5.02 Å². The van der Waals surface area contributed by atoms with Gasteiger partial charge >= 0.3 is 0 Å². The molecular weight excluding hydrogens is 357 g/mol. The highest BCUT2D eigenvalue weighted by Gasteiger charge is 2.06. The van der Waals surface area contributed by atoms with Gasteiger partial charge in [0, 0.05) is 22.3 Å². The van der Waals surface area contributed by atoms with Crippen molar-refractivity contribution in [3.63, 3.8) is 0 Å². The number of hydrogen-bond acceptors (Lipinski definition) is 2. The van der Waals surface area contributed by atoms with E-state index >= 15 is 0 Å². The standard InChI is InChI=1S/C16H16BrClFNO/c1-2-7-21-16-6-3-12(17)8-11(16)10-20-13-4-5-15(19)14(18)9-13/h3-6,8-9,20H,2,7,10H2,1H3. The zero-order chi connectivity index (χ0) is 15.2. The number of ether oxygens (including phenoxy) is 1. The number of hydrogen-bond donors (Lipinski definition) is 1. The van der Waals surface area contributed by atoms with E-state index in [0.717, 1.165) is 27.9 Å². The summed E-state index contributed by atoms with van der Waals surface area (Å²) in [6.45, 7) is 3.31. The molecule has 0 heterocycles. The van der Waals surface area contributed by atoms with E-state index in [1.807, 2.05) is 18.2 Å². The summed E-state index contributed by atoms with van der Waals surface area (Å²) in [5.41, 5.74) is 1.79. The van der Waals surface area contributed by atoms with Crippen LogP contribution in [0.1, 0.15) is 18.9 Å². The Kier molecular flexibility index (Phi) is 5.88. The quantitative estimate of drug-likeness (QED) is 0.708. The lowest BCUT2D eigenvalue weighted by Gasteiger charge is -2.13. The average Bonchev–Trinajstić information content (AvgIpc) is 2.47. The van der Waals surface area contributed by atoms with Gasteiger partial charge in [0.1, 0.15) is 11.6 Å². The normalized spacial score (nSPS) is 10.5. The predicted molar refractivity (Wildman–Crippen MR) is 88.7 cm³/mol. The van der Waals surface area contributed by atoms with Crippen molar-refractivity contribution < 1.29 is 9.13 Å². The smallest absolute Gasteiger partial charge is 0.141 e. The summed E-state index contributed by atoms with van der Waals surface area (Å²) >= 11 is 9.23. The molecule has 1 N–H and O–H groups in total. The van der Waals surface area contributed by atoms with E-state index in [1.165, 1.54) is 6.07 Å². The Morgan fingerprint density at radius 3 is 2.76 bits per heavy atom. The molecule has 2 aromatic carbocycles. The third-order valence-electron chi connectivity index (χ3n) is 2.89. The fourth-order valence-electron chi connectivity index (χ4n) is 1.84. The van der Waals surface area contributed by atoms with Crippen molar-refractivity contribution in [3.05, 3.63) is 57.3 Å². The fourth-order valence-corrected chi connectivity index (χ4v) is 2.43. The van der Waals surface area contributed by atoms with Gasteiger partial charge in [0.25, 0.3) is 0 Å². The van der Waals surface area contributed by atoms with Gasteiger partial charge in [-0.25, -0.2) is 4.39 Å². The first kappa shape index (κ1) is 16.1. The van der Waals surface area contributed by atoms with Crippen LogP contribution < -0.4 is 10.1 Å². The van der Waals surface area contributed by atoms with Crippen LogP contribution in [0.5, 0.6) is 5.75 Å². The van der Waals surface area contributed by atoms with Gasteiger partial charge in [0.05, 0.1) is 11.6 Å². The van der Waals surface area contributed by atoms with E-state index in [1.54, 1.807) is 12.1 Å². The maximum absolute atomic E-state index is 13.1. The summed E-state index contributed by atoms with van der Waals surface area (Å²) in [5.74, 6) is 0.428. The van der Waals surface area contributed by atoms with Gasteiger partial charge in [-0.3, -0.25) is 0 Å². The first-order valence-electron chi connectivity index (χ1n) is 6.70. The molecule has 112 valence electrons. The molecule has 0 aliphatic rings. The minimum Gasteiger partial charge on any atom is -0.493 e. The van der Waals surface area contributed by atoms with Crippen molar-refractivity contribution in [1.82, 2.24) is 0 Å². The second kappa shape index (κ2) is 7.66. The van der Waals surface area contributed by atoms with Crippen LogP contribution in [0.4, 0.5) is 10.1 Å². The molecule has 5 heteroatoms. The van der Waals surface area contributed by atoms with Crippen molar-refractivity contribution in [2.75, 3.05) is 11.9 Å². The van der Waals surface area contributed by atoms with E-state index in [0.29, 0.717) is 13.2 Å². The first-order chi connectivity index (χ1) is 10.1. The SMILES string of the molecule is CCCOc1ccc(Br)cc1CNc1ccc(F)c(Cl)c1. The molecule has 0 spiro atoms. The summed E-state index contributed by atoms with van der Waals surface area (Å²) in [4.78, 5) is 0. The molecule has 0 saturated heterocycles. The highest BCUT2D eigenvalue weighted by molar-refractivity contribution is 9.10. The van der Waals surface area contributed by atoms with Crippen LogP contribution in [0.3, 0.4) is 0 Å². The van der Waals surface area contributed by atoms with E-state index in [4.69, 9.17) is 16.3 Å². The molecule has 0 aliphatic carbocycles. The number of nitrogens with one attached hydrogen (secondary N) is 1. The van der Waals surface area contributed by atoms with Gasteiger partial charge in [-0.2, -0.15) is 0 Å². The third-order valence-corrected chi connectivity index (χ3v) is 3.67. The Morgan fingerprint density at radius 1 is 1.24 bits per heavy atom. The molecule has 0 unspecified atom stereocenters. The Labute approximate surface area is 137 Å². The molecular formula is C16H16BrClFNO. The largest absolute Gasteiger partial charge is 0.493 e. The van der Waals surface area contributed by atoms with Gasteiger partial charge < -0.3 is 10.1 Å². The van der Waals surface area contributed by atoms with Crippen LogP contribution in [0.25, 0.3) is 0 Å². The zero-order valence-electron chi connectivity index (χ0n) is 11.6. The van der Waals surface area contributed by atoms with Gasteiger partial charge in [0.15, 0.2) is 0 Å². The molecule has 0 saturated carbocycles. The van der Waals surface area contributed by atoms with E-state index in [9.17, 15) is 4.39 Å². The molecule has 21 heavy (non-hydrogen) atoms. The van der Waals surface area contributed by atoms with Crippen molar-refractivity contribution >= 4 is 33.2 Å². The number of benzene rings is 2. The highest BCUT2D eigenvalue weighted by atomic mass is 79.9. The van der Waals surface area contributed by atoms with Gasteiger partial charge in [-0.1, -0.05) is 34.5 Å². The van der Waals surface area contributed by atoms with Gasteiger partial charge in [-0.05, 0) is 42.8 Å². The Morgan fingerprint density at radius 2 is 2.05 bits per heavy atom. The average molecular weight is 373 g/mol. The highest BCUT2D eigenvalue weighted by Crippen LogP contribution is 2.25. The molecule has 0 aromatic heterocycles. The zero-order valence-corrected chi connectivity index (χ0v) is 14.0. The second-order valence-electron chi connectivity index (χ2n) is 4.58. The molecule has 0 fully saturated rings. The van der Waals surface area contributed by atoms with Crippen molar-refractivity contribution in [2.24, 2.45) is 0 Å². The Hall–Kier alpha value is -1.26. The van der Waals surface area contributed by atoms with Crippen LogP contribution in [0.2, 0.25) is 5.02 Å². The lowest BCUT2D eigenvalue weighted by molar-refractivity contribution is 0.314. The lowest BCUT2D eigenvalue weighted by Crippen LogP contribution is -2.04. The number of anilines is 1. The summed E-state index contributed by atoms with van der Waals surface area (Å²) in [5, 5.41) is 3.33. The van der Waals surface area contributed by atoms with Crippen molar-refractivity contribution in [1.29, 1.82) is 0 Å². The number of halogens is 3. The topological polar surface area (TPSA) is 21.3 Å². The summed E-state index contributed by atoms with van der Waals surface area (Å²) in [6, 6.07) is 10.5. The Balaban J connectivity index is 2.10. The minimum atomic E-state index is -0.420. The van der Waals surface area contributed by atoms with Gasteiger partial charge in [-0.15, -0.1) is 0 Å². The van der Waals surface area contributed by atoms with Crippen LogP contribution in [0, 0.1) is 5.82 Å². The molecule has 0 amide bonds. The van der Waals surface area contributed by atoms with Gasteiger partial charge in [0.2, 0.25) is 0 Å². The third kappa shape index (κ3) is 4.61. The molecule has 2 nitrogen and oxygen atoms in total. The molecule has 0 bridgehead atoms. The number of rotatable bonds is 6. The molecule has 2 rings (SSSR count). The lowest BCUT2D eigenvalue weighted by atomic mass is 10.2. The molecule has 0 atom stereocenters. The van der Waals surface area contributed by atoms with E-state index < -0.39 is 5.82 Å². The van der Waals surface area contributed by atoms with Crippen LogP contribution in [-0.2, 0) is 6.54 Å². The minimum absolute atomic E-state index is 0.108. The molecule has 0 radical (unpaired) electrons. The monoisotopic (exact) mass is 371 g/mol. The maximum atomic E-state index is 13.1. The summed E-state index contributed by atoms with van der Waals surface area (Å²) < 4.78 is 19.8. The van der Waals surface area contributed by atoms with Crippen molar-refractivity contribution in [3.8, 4) is 5.75 Å². The summed E-state index contributed by atoms with van der Waals surface area (Å²) in [6.07, 6.45) is 0.955. The first-order valence-corrected chi connectivity index (χ1v) is 7.87. The van der Waals surface area contributed by atoms with E-state index in [2.05, 4.69) is 28.2 Å². The van der Waals surface area contributed by atoms with Crippen LogP contribution in [0.15, 0.2) is 40.9 Å². The Bertz CT molecular complexity index is 621. The maximum Gasteiger partial charge on any atom is 0.141 e. The predicted octanol–water partition coefficient (Wildman–Crippen LogP) is 5.64. The van der Waals surface area contributed by atoms with Crippen molar-refractivity contribution in [2.45, 2.75) is 19.9 Å². The second-order valence-corrected chi connectivity index (χ2v) is 5.91. The van der Waals surface area contributed by atoms with Crippen LogP contribution in [-0.4, -0.2) is 6.61 Å². The van der Waals surface area contributed by atoms with Crippen LogP contribution >= 0.6 is 27.5 Å². The molecule has 2 aromatic rings. The summed E-state index contributed by atoms with van der Waals surface area (Å²) in [7, 11) is 0.